The van der Waals surface area contributed by atoms with Crippen molar-refractivity contribution in [3.63, 3.8) is 0 Å². The van der Waals surface area contributed by atoms with Crippen LogP contribution in [0, 0.1) is 6.92 Å². The van der Waals surface area contributed by atoms with E-state index in [-0.39, 0.29) is 17.7 Å². The van der Waals surface area contributed by atoms with Crippen LogP contribution >= 0.6 is 0 Å². The molecule has 0 amide bonds. The van der Waals surface area contributed by atoms with Crippen LogP contribution in [0.15, 0.2) is 41.4 Å². The predicted octanol–water partition coefficient (Wildman–Crippen LogP) is 5.62. The Bertz CT molecular complexity index is 835. The van der Waals surface area contributed by atoms with Gasteiger partial charge in [-0.2, -0.15) is 0 Å². The Balaban J connectivity index is 2.01. The van der Waals surface area contributed by atoms with E-state index in [0.29, 0.717) is 0 Å². The van der Waals surface area contributed by atoms with Gasteiger partial charge in [0.1, 0.15) is 6.04 Å². The van der Waals surface area contributed by atoms with Crippen LogP contribution < -0.4 is 0 Å². The van der Waals surface area contributed by atoms with Crippen LogP contribution in [0.5, 0.6) is 0 Å². The lowest BCUT2D eigenvalue weighted by molar-refractivity contribution is -0.118. The number of Topliss-reactive ketones (excluding diaryl/α,β-unsaturated/α-hetero) is 1. The summed E-state index contributed by atoms with van der Waals surface area (Å²) in [6, 6.07) is 12.9. The molecular weight excluding hydrogens is 330 g/mol. The molecule has 1 heterocycles. The van der Waals surface area contributed by atoms with E-state index in [1.165, 1.54) is 27.8 Å². The Morgan fingerprint density at radius 2 is 1.59 bits per heavy atom. The summed E-state index contributed by atoms with van der Waals surface area (Å²) in [4.78, 5) is 17.3. The molecule has 0 aliphatic carbocycles. The fourth-order valence-corrected chi connectivity index (χ4v) is 4.37. The quantitative estimate of drug-likeness (QED) is 0.657. The first kappa shape index (κ1) is 19.5. The van der Waals surface area contributed by atoms with Gasteiger partial charge in [-0.1, -0.05) is 62.7 Å². The molecule has 0 radical (unpaired) electrons. The van der Waals surface area contributed by atoms with E-state index >= 15 is 0 Å². The van der Waals surface area contributed by atoms with E-state index < -0.39 is 0 Å². The van der Waals surface area contributed by atoms with Crippen molar-refractivity contribution < 1.29 is 4.79 Å². The Morgan fingerprint density at radius 1 is 1.00 bits per heavy atom. The molecule has 1 aliphatic heterocycles. The number of benzene rings is 2. The average molecular weight is 362 g/mol. The van der Waals surface area contributed by atoms with Crippen LogP contribution in [0.4, 0.5) is 0 Å². The first-order chi connectivity index (χ1) is 13.0. The molecule has 2 aromatic rings. The third-order valence-electron chi connectivity index (χ3n) is 5.89. The normalized spacial score (nSPS) is 19.2. The Hall–Kier alpha value is -2.22. The van der Waals surface area contributed by atoms with Crippen LogP contribution in [0.2, 0.25) is 0 Å². The number of hydrogen-bond donors (Lipinski definition) is 0. The minimum atomic E-state index is -0.261. The van der Waals surface area contributed by atoms with Gasteiger partial charge in [0.15, 0.2) is 5.78 Å². The molecule has 3 rings (SSSR count). The van der Waals surface area contributed by atoms with E-state index in [9.17, 15) is 4.79 Å². The van der Waals surface area contributed by atoms with Crippen LogP contribution in [0.1, 0.15) is 73.4 Å². The van der Waals surface area contributed by atoms with Crippen molar-refractivity contribution in [2.45, 2.75) is 72.3 Å². The largest absolute Gasteiger partial charge is 0.298 e. The number of carbonyl (C=O) groups excluding carboxylic acids is 1. The van der Waals surface area contributed by atoms with Crippen molar-refractivity contribution in [1.82, 2.24) is 0 Å². The number of nitrogens with zero attached hydrogens (tertiary/aromatic N) is 1. The molecule has 27 heavy (non-hydrogen) atoms. The van der Waals surface area contributed by atoms with Crippen LogP contribution in [0.25, 0.3) is 0 Å². The lowest BCUT2D eigenvalue weighted by Crippen LogP contribution is -2.21. The smallest absolute Gasteiger partial charge is 0.154 e. The molecule has 2 atom stereocenters. The van der Waals surface area contributed by atoms with Crippen molar-refractivity contribution in [2.24, 2.45) is 4.99 Å². The van der Waals surface area contributed by atoms with Gasteiger partial charge in [0.2, 0.25) is 0 Å². The van der Waals surface area contributed by atoms with Crippen molar-refractivity contribution in [3.05, 3.63) is 69.8 Å². The third-order valence-corrected chi connectivity index (χ3v) is 5.89. The van der Waals surface area contributed by atoms with Crippen LogP contribution in [-0.2, 0) is 24.1 Å². The minimum absolute atomic E-state index is 0.153. The van der Waals surface area contributed by atoms with E-state index in [4.69, 9.17) is 4.99 Å². The van der Waals surface area contributed by atoms with Gasteiger partial charge in [0, 0.05) is 11.6 Å². The number of carbonyl (C=O) groups is 1. The molecule has 142 valence electrons. The molecule has 0 fully saturated rings. The summed E-state index contributed by atoms with van der Waals surface area (Å²) >= 11 is 0. The maximum absolute atomic E-state index is 12.4. The second-order valence-corrected chi connectivity index (χ2v) is 7.69. The second-order valence-electron chi connectivity index (χ2n) is 7.69. The molecule has 0 saturated heterocycles. The molecule has 0 bridgehead atoms. The third kappa shape index (κ3) is 3.90. The second kappa shape index (κ2) is 8.21. The van der Waals surface area contributed by atoms with Gasteiger partial charge in [-0.3, -0.25) is 9.79 Å². The van der Waals surface area contributed by atoms with Gasteiger partial charge in [-0.15, -0.1) is 0 Å². The Morgan fingerprint density at radius 3 is 2.07 bits per heavy atom. The highest BCUT2D eigenvalue weighted by atomic mass is 16.1. The molecule has 2 heteroatoms. The Labute approximate surface area is 163 Å². The minimum Gasteiger partial charge on any atom is -0.298 e. The zero-order chi connectivity index (χ0) is 19.6. The monoisotopic (exact) mass is 361 g/mol. The lowest BCUT2D eigenvalue weighted by atomic mass is 9.83. The number of aliphatic imine (C=N–C) groups is 1. The number of hydrogen-bond acceptors (Lipinski definition) is 2. The molecule has 0 aromatic heterocycles. The van der Waals surface area contributed by atoms with Gasteiger partial charge < -0.3 is 0 Å². The summed E-state index contributed by atoms with van der Waals surface area (Å²) in [6.07, 6.45) is 3.98. The first-order valence-corrected chi connectivity index (χ1v) is 10.3. The zero-order valence-corrected chi connectivity index (χ0v) is 17.3. The molecule has 0 spiro atoms. The van der Waals surface area contributed by atoms with E-state index in [2.05, 4.69) is 64.1 Å². The summed E-state index contributed by atoms with van der Waals surface area (Å²) in [7, 11) is 0. The fourth-order valence-electron chi connectivity index (χ4n) is 4.37. The molecule has 0 saturated carbocycles. The predicted molar refractivity (Wildman–Crippen MR) is 114 cm³/mol. The lowest BCUT2D eigenvalue weighted by Gasteiger charge is -2.21. The van der Waals surface area contributed by atoms with Crippen LogP contribution in [-0.4, -0.2) is 17.5 Å². The Kier molecular flexibility index (Phi) is 5.94. The van der Waals surface area contributed by atoms with Gasteiger partial charge in [-0.05, 0) is 67.3 Å². The average Bonchev–Trinajstić information content (AvgIpc) is 3.13. The highest BCUT2D eigenvalue weighted by molar-refractivity contribution is 6.05. The maximum atomic E-state index is 12.4. The summed E-state index contributed by atoms with van der Waals surface area (Å²) < 4.78 is 0. The first-order valence-electron chi connectivity index (χ1n) is 10.3. The molecule has 2 aromatic carbocycles. The highest BCUT2D eigenvalue weighted by Gasteiger charge is 2.34. The van der Waals surface area contributed by atoms with Crippen molar-refractivity contribution in [3.8, 4) is 0 Å². The molecule has 2 unspecified atom stereocenters. The standard InChI is InChI=1S/C25H31NO/c1-6-18-13-21(14-19(7-2)22(18)8-3)23-15-24(26-25(23)17(5)27)20-11-9-16(4)10-12-20/h9-14,23,25H,6-8,15H2,1-5H3. The highest BCUT2D eigenvalue weighted by Crippen LogP contribution is 2.36. The molecule has 2 nitrogen and oxygen atoms in total. The van der Waals surface area contributed by atoms with Crippen molar-refractivity contribution in [2.75, 3.05) is 0 Å². The van der Waals surface area contributed by atoms with E-state index in [1.807, 2.05) is 0 Å². The molecular formula is C25H31NO. The van der Waals surface area contributed by atoms with Gasteiger partial charge in [0.25, 0.3) is 0 Å². The number of rotatable bonds is 6. The van der Waals surface area contributed by atoms with Gasteiger partial charge in [0.05, 0.1) is 0 Å². The van der Waals surface area contributed by atoms with Crippen molar-refractivity contribution >= 4 is 11.5 Å². The van der Waals surface area contributed by atoms with Gasteiger partial charge in [-0.25, -0.2) is 0 Å². The molecule has 1 aliphatic rings. The summed E-state index contributed by atoms with van der Waals surface area (Å²) in [5.41, 5.74) is 9.08. The number of ketones is 1. The van der Waals surface area contributed by atoms with E-state index in [0.717, 1.165) is 37.0 Å². The SMILES string of the molecule is CCc1cc(C2CC(c3ccc(C)cc3)=NC2C(C)=O)cc(CC)c1CC. The van der Waals surface area contributed by atoms with Crippen molar-refractivity contribution in [1.29, 1.82) is 0 Å². The summed E-state index contributed by atoms with van der Waals surface area (Å²) in [5, 5.41) is 0. The molecule has 0 N–H and O–H groups in total. The fraction of sp³-hybridized carbons (Fsp3) is 0.440. The van der Waals surface area contributed by atoms with Gasteiger partial charge >= 0.3 is 0 Å². The topological polar surface area (TPSA) is 29.4 Å². The summed E-state index contributed by atoms with van der Waals surface area (Å²) in [6.45, 7) is 10.5. The number of aryl methyl sites for hydroxylation is 3. The van der Waals surface area contributed by atoms with E-state index in [1.54, 1.807) is 6.92 Å². The summed E-state index contributed by atoms with van der Waals surface area (Å²) in [5.74, 6) is 0.318. The van der Waals surface area contributed by atoms with Crippen LogP contribution in [0.3, 0.4) is 0 Å². The zero-order valence-electron chi connectivity index (χ0n) is 17.3. The maximum Gasteiger partial charge on any atom is 0.154 e.